The van der Waals surface area contributed by atoms with Crippen molar-refractivity contribution in [1.29, 1.82) is 0 Å². The molecule has 2 N–H and O–H groups in total. The number of hydrogen-bond donors (Lipinski definition) is 2. The molecule has 22 heavy (non-hydrogen) atoms. The normalized spacial score (nSPS) is 11.5. The van der Waals surface area contributed by atoms with E-state index in [2.05, 4.69) is 5.32 Å². The smallest absolute Gasteiger partial charge is 0.322 e. The highest BCUT2D eigenvalue weighted by Crippen LogP contribution is 2.33. The first kappa shape index (κ1) is 15.6. The highest BCUT2D eigenvalue weighted by Gasteiger charge is 2.12. The topological polar surface area (TPSA) is 88.8 Å². The third kappa shape index (κ3) is 3.28. The van der Waals surface area contributed by atoms with E-state index in [9.17, 15) is 9.59 Å². The van der Waals surface area contributed by atoms with Gasteiger partial charge in [0.2, 0.25) is 5.91 Å². The average Bonchev–Trinajstić information content (AvgIpc) is 2.84. The van der Waals surface area contributed by atoms with E-state index < -0.39 is 18.4 Å². The Labute approximate surface area is 127 Å². The fraction of sp³-hybridized carbons (Fsp3) is 0.250. The summed E-state index contributed by atoms with van der Waals surface area (Å²) >= 11 is 0. The SMILES string of the molecule is COc1cc2occ(C)c2cc1/C(C)=C/C(=O)NCC(=O)O. The van der Waals surface area contributed by atoms with Gasteiger partial charge in [0.15, 0.2) is 0 Å². The second-order valence-corrected chi connectivity index (χ2v) is 4.91. The van der Waals surface area contributed by atoms with Crippen LogP contribution in [0.25, 0.3) is 16.5 Å². The number of carboxylic acid groups (broad SMARTS) is 1. The van der Waals surface area contributed by atoms with Crippen LogP contribution in [0.1, 0.15) is 18.1 Å². The molecule has 0 aliphatic rings. The van der Waals surface area contributed by atoms with Crippen LogP contribution in [0.15, 0.2) is 28.9 Å². The van der Waals surface area contributed by atoms with E-state index in [0.29, 0.717) is 16.9 Å². The highest BCUT2D eigenvalue weighted by atomic mass is 16.5. The number of aliphatic carboxylic acids is 1. The number of hydrogen-bond acceptors (Lipinski definition) is 4. The van der Waals surface area contributed by atoms with E-state index in [-0.39, 0.29) is 0 Å². The summed E-state index contributed by atoms with van der Waals surface area (Å²) in [6, 6.07) is 3.66. The van der Waals surface area contributed by atoms with Crippen molar-refractivity contribution in [3.63, 3.8) is 0 Å². The maximum Gasteiger partial charge on any atom is 0.322 e. The van der Waals surface area contributed by atoms with Gasteiger partial charge in [0.25, 0.3) is 0 Å². The van der Waals surface area contributed by atoms with Crippen molar-refractivity contribution in [2.75, 3.05) is 13.7 Å². The summed E-state index contributed by atoms with van der Waals surface area (Å²) in [4.78, 5) is 22.1. The largest absolute Gasteiger partial charge is 0.496 e. The summed E-state index contributed by atoms with van der Waals surface area (Å²) in [6.07, 6.45) is 3.01. The van der Waals surface area contributed by atoms with Crippen molar-refractivity contribution in [1.82, 2.24) is 5.32 Å². The molecular weight excluding hydrogens is 286 g/mol. The molecule has 1 heterocycles. The monoisotopic (exact) mass is 303 g/mol. The first-order chi connectivity index (χ1) is 10.4. The van der Waals surface area contributed by atoms with Gasteiger partial charge in [0.05, 0.1) is 13.4 Å². The molecule has 6 nitrogen and oxygen atoms in total. The second-order valence-electron chi connectivity index (χ2n) is 4.91. The fourth-order valence-corrected chi connectivity index (χ4v) is 2.15. The quantitative estimate of drug-likeness (QED) is 0.828. The summed E-state index contributed by atoms with van der Waals surface area (Å²) in [6.45, 7) is 3.28. The highest BCUT2D eigenvalue weighted by molar-refractivity contribution is 5.98. The number of ether oxygens (including phenoxy) is 1. The van der Waals surface area contributed by atoms with Crippen LogP contribution >= 0.6 is 0 Å². The number of furan rings is 1. The van der Waals surface area contributed by atoms with Gasteiger partial charge in [0.1, 0.15) is 17.9 Å². The van der Waals surface area contributed by atoms with E-state index >= 15 is 0 Å². The van der Waals surface area contributed by atoms with Crippen LogP contribution in [0.3, 0.4) is 0 Å². The zero-order chi connectivity index (χ0) is 16.3. The molecule has 0 saturated heterocycles. The summed E-state index contributed by atoms with van der Waals surface area (Å²) in [5, 5.41) is 11.8. The Bertz CT molecular complexity index is 757. The third-order valence-corrected chi connectivity index (χ3v) is 3.28. The molecule has 6 heteroatoms. The fourth-order valence-electron chi connectivity index (χ4n) is 2.15. The Hall–Kier alpha value is -2.76. The van der Waals surface area contributed by atoms with Gasteiger partial charge in [-0.1, -0.05) is 0 Å². The minimum Gasteiger partial charge on any atom is -0.496 e. The molecule has 2 rings (SSSR count). The first-order valence-corrected chi connectivity index (χ1v) is 6.66. The molecule has 0 bridgehead atoms. The van der Waals surface area contributed by atoms with Crippen LogP contribution in [0.5, 0.6) is 5.75 Å². The Kier molecular flexibility index (Phi) is 4.50. The van der Waals surface area contributed by atoms with Crippen LogP contribution in [-0.4, -0.2) is 30.6 Å². The van der Waals surface area contributed by atoms with E-state index in [1.807, 2.05) is 13.0 Å². The summed E-state index contributed by atoms with van der Waals surface area (Å²) in [7, 11) is 1.54. The minimum atomic E-state index is -1.09. The lowest BCUT2D eigenvalue weighted by molar-refractivity contribution is -0.137. The van der Waals surface area contributed by atoms with Gasteiger partial charge in [-0.15, -0.1) is 0 Å². The lowest BCUT2D eigenvalue weighted by Gasteiger charge is -2.09. The third-order valence-electron chi connectivity index (χ3n) is 3.28. The molecule has 0 radical (unpaired) electrons. The second kappa shape index (κ2) is 6.34. The Morgan fingerprint density at radius 3 is 2.77 bits per heavy atom. The van der Waals surface area contributed by atoms with Gasteiger partial charge < -0.3 is 19.6 Å². The molecule has 0 fully saturated rings. The van der Waals surface area contributed by atoms with Crippen molar-refractivity contribution in [2.45, 2.75) is 13.8 Å². The van der Waals surface area contributed by atoms with E-state index in [1.54, 1.807) is 19.3 Å². The molecule has 0 aliphatic carbocycles. The molecular formula is C16H17NO5. The molecule has 2 aromatic rings. The number of carboxylic acids is 1. The maximum absolute atomic E-state index is 11.7. The molecule has 0 unspecified atom stereocenters. The van der Waals surface area contributed by atoms with E-state index in [1.165, 1.54) is 13.2 Å². The molecule has 0 atom stereocenters. The van der Waals surface area contributed by atoms with E-state index in [0.717, 1.165) is 16.5 Å². The Morgan fingerprint density at radius 2 is 2.14 bits per heavy atom. The lowest BCUT2D eigenvalue weighted by Crippen LogP contribution is -2.27. The van der Waals surface area contributed by atoms with Crippen molar-refractivity contribution < 1.29 is 23.8 Å². The molecule has 0 spiro atoms. The van der Waals surface area contributed by atoms with Gasteiger partial charge in [0, 0.05) is 23.1 Å². The van der Waals surface area contributed by atoms with Crippen LogP contribution in [0.4, 0.5) is 0 Å². The summed E-state index contributed by atoms with van der Waals surface area (Å²) in [5.74, 6) is -0.972. The maximum atomic E-state index is 11.7. The van der Waals surface area contributed by atoms with Crippen molar-refractivity contribution in [3.8, 4) is 5.75 Å². The van der Waals surface area contributed by atoms with Gasteiger partial charge >= 0.3 is 5.97 Å². The number of nitrogens with one attached hydrogen (secondary N) is 1. The summed E-state index contributed by atoms with van der Waals surface area (Å²) in [5.41, 5.74) is 3.12. The number of carbonyl (C=O) groups excluding carboxylic acids is 1. The number of carbonyl (C=O) groups is 2. The first-order valence-electron chi connectivity index (χ1n) is 6.66. The van der Waals surface area contributed by atoms with Crippen LogP contribution in [0.2, 0.25) is 0 Å². The molecule has 116 valence electrons. The molecule has 1 amide bonds. The molecule has 1 aromatic carbocycles. The number of amides is 1. The number of fused-ring (bicyclic) bond motifs is 1. The summed E-state index contributed by atoms with van der Waals surface area (Å²) < 4.78 is 10.8. The number of allylic oxidation sites excluding steroid dienone is 1. The minimum absolute atomic E-state index is 0.417. The molecule has 0 saturated carbocycles. The van der Waals surface area contributed by atoms with Gasteiger partial charge in [-0.25, -0.2) is 0 Å². The number of methoxy groups -OCH3 is 1. The Morgan fingerprint density at radius 1 is 1.41 bits per heavy atom. The van der Waals surface area contributed by atoms with Crippen LogP contribution in [0, 0.1) is 6.92 Å². The number of rotatable bonds is 5. The average molecular weight is 303 g/mol. The van der Waals surface area contributed by atoms with Gasteiger partial charge in [-0.2, -0.15) is 0 Å². The zero-order valence-corrected chi connectivity index (χ0v) is 12.6. The standard InChI is InChI=1S/C16H17NO5/c1-9(4-15(18)17-7-16(19)20)11-5-12-10(2)8-22-14(12)6-13(11)21-3/h4-6,8H,7H2,1-3H3,(H,17,18)(H,19,20)/b9-4+. The number of aryl methyl sites for hydroxylation is 1. The van der Waals surface area contributed by atoms with Crippen molar-refractivity contribution in [3.05, 3.63) is 35.6 Å². The number of benzene rings is 1. The van der Waals surface area contributed by atoms with E-state index in [4.69, 9.17) is 14.3 Å². The molecule has 1 aromatic heterocycles. The zero-order valence-electron chi connectivity index (χ0n) is 12.6. The van der Waals surface area contributed by atoms with Crippen molar-refractivity contribution >= 4 is 28.4 Å². The predicted molar refractivity (Wildman–Crippen MR) is 81.8 cm³/mol. The molecule has 0 aliphatic heterocycles. The van der Waals surface area contributed by atoms with Crippen LogP contribution in [-0.2, 0) is 9.59 Å². The predicted octanol–water partition coefficient (Wildman–Crippen LogP) is 2.35. The van der Waals surface area contributed by atoms with Gasteiger partial charge in [-0.05, 0) is 31.1 Å². The lowest BCUT2D eigenvalue weighted by atomic mass is 10.0. The van der Waals surface area contributed by atoms with Gasteiger partial charge in [-0.3, -0.25) is 9.59 Å². The van der Waals surface area contributed by atoms with Crippen molar-refractivity contribution in [2.24, 2.45) is 0 Å². The Balaban J connectivity index is 2.37. The van der Waals surface area contributed by atoms with Crippen LogP contribution < -0.4 is 10.1 Å².